The van der Waals surface area contributed by atoms with Crippen molar-refractivity contribution >= 4 is 43.2 Å². The van der Waals surface area contributed by atoms with E-state index >= 15 is 0 Å². The van der Waals surface area contributed by atoms with Crippen LogP contribution < -0.4 is 5.32 Å². The highest BCUT2D eigenvalue weighted by atomic mass is 79.9. The Hall–Kier alpha value is 0.580. The fourth-order valence-electron chi connectivity index (χ4n) is 1.56. The number of halogens is 2. The van der Waals surface area contributed by atoms with Crippen LogP contribution in [0, 0.1) is 0 Å². The zero-order valence-corrected chi connectivity index (χ0v) is 13.5. The molecule has 0 radical (unpaired) electrons. The van der Waals surface area contributed by atoms with Crippen molar-refractivity contribution in [2.75, 3.05) is 6.54 Å². The third kappa shape index (κ3) is 4.84. The molecule has 2 N–H and O–H groups in total. The maximum absolute atomic E-state index is 9.97. The lowest BCUT2D eigenvalue weighted by Crippen LogP contribution is -2.37. The summed E-state index contributed by atoms with van der Waals surface area (Å²) in [4.78, 5) is 1.26. The molecule has 0 aromatic carbocycles. The van der Waals surface area contributed by atoms with E-state index in [9.17, 15) is 5.11 Å². The van der Waals surface area contributed by atoms with Gasteiger partial charge in [0.15, 0.2) is 0 Å². The number of thiophene rings is 1. The fraction of sp³-hybridized carbons (Fsp3) is 0.636. The van der Waals surface area contributed by atoms with Crippen molar-refractivity contribution in [3.8, 4) is 0 Å². The molecule has 1 heterocycles. The van der Waals surface area contributed by atoms with Gasteiger partial charge in [0.05, 0.1) is 9.39 Å². The van der Waals surface area contributed by atoms with Crippen molar-refractivity contribution in [2.24, 2.45) is 0 Å². The van der Waals surface area contributed by atoms with E-state index in [0.29, 0.717) is 6.54 Å². The SMILES string of the molecule is CCCC(C)(O)CNCc1cc(Br)c(Br)s1. The summed E-state index contributed by atoms with van der Waals surface area (Å²) in [5.74, 6) is 0. The topological polar surface area (TPSA) is 32.3 Å². The van der Waals surface area contributed by atoms with Crippen LogP contribution in [-0.4, -0.2) is 17.3 Å². The van der Waals surface area contributed by atoms with Crippen molar-refractivity contribution in [1.29, 1.82) is 0 Å². The largest absolute Gasteiger partial charge is 0.389 e. The van der Waals surface area contributed by atoms with Crippen LogP contribution in [0.25, 0.3) is 0 Å². The molecule has 1 rings (SSSR count). The van der Waals surface area contributed by atoms with E-state index in [2.05, 4.69) is 50.2 Å². The summed E-state index contributed by atoms with van der Waals surface area (Å²) in [5.41, 5.74) is -0.597. The molecule has 0 saturated carbocycles. The molecule has 1 aromatic heterocycles. The van der Waals surface area contributed by atoms with Gasteiger partial charge in [0.25, 0.3) is 0 Å². The summed E-state index contributed by atoms with van der Waals surface area (Å²) in [5, 5.41) is 13.3. The average Bonchev–Trinajstić information content (AvgIpc) is 2.45. The maximum Gasteiger partial charge on any atom is 0.0843 e. The highest BCUT2D eigenvalue weighted by molar-refractivity contribution is 9.13. The second-order valence-electron chi connectivity index (χ2n) is 4.18. The smallest absolute Gasteiger partial charge is 0.0843 e. The van der Waals surface area contributed by atoms with Gasteiger partial charge in [0, 0.05) is 22.4 Å². The zero-order valence-electron chi connectivity index (χ0n) is 9.52. The van der Waals surface area contributed by atoms with Gasteiger partial charge in [-0.3, -0.25) is 0 Å². The van der Waals surface area contributed by atoms with E-state index in [1.54, 1.807) is 11.3 Å². The van der Waals surface area contributed by atoms with Gasteiger partial charge < -0.3 is 10.4 Å². The minimum atomic E-state index is -0.597. The van der Waals surface area contributed by atoms with Crippen LogP contribution in [-0.2, 0) is 6.54 Å². The minimum Gasteiger partial charge on any atom is -0.389 e. The second-order valence-corrected chi connectivity index (χ2v) is 7.49. The van der Waals surface area contributed by atoms with E-state index < -0.39 is 5.60 Å². The fourth-order valence-corrected chi connectivity index (χ4v) is 3.71. The molecule has 1 unspecified atom stereocenters. The van der Waals surface area contributed by atoms with Crippen LogP contribution in [0.3, 0.4) is 0 Å². The first-order chi connectivity index (χ1) is 7.44. The van der Waals surface area contributed by atoms with Crippen LogP contribution in [0.15, 0.2) is 14.3 Å². The third-order valence-electron chi connectivity index (χ3n) is 2.29. The Morgan fingerprint density at radius 2 is 2.19 bits per heavy atom. The summed E-state index contributed by atoms with van der Waals surface area (Å²) in [7, 11) is 0. The summed E-state index contributed by atoms with van der Waals surface area (Å²) in [6.45, 7) is 5.40. The molecule has 0 aliphatic heterocycles. The highest BCUT2D eigenvalue weighted by Crippen LogP contribution is 2.32. The lowest BCUT2D eigenvalue weighted by Gasteiger charge is -2.22. The number of hydrogen-bond donors (Lipinski definition) is 2. The number of hydrogen-bond acceptors (Lipinski definition) is 3. The molecule has 1 aromatic rings. The summed E-state index contributed by atoms with van der Waals surface area (Å²) in [6, 6.07) is 2.09. The summed E-state index contributed by atoms with van der Waals surface area (Å²) >= 11 is 8.63. The lowest BCUT2D eigenvalue weighted by atomic mass is 10.0. The molecule has 0 fully saturated rings. The maximum atomic E-state index is 9.97. The molecule has 0 saturated heterocycles. The molecule has 0 bridgehead atoms. The van der Waals surface area contributed by atoms with Crippen LogP contribution in [0.4, 0.5) is 0 Å². The molecule has 1 atom stereocenters. The number of nitrogens with one attached hydrogen (secondary N) is 1. The normalized spacial score (nSPS) is 15.1. The molecule has 2 nitrogen and oxygen atoms in total. The van der Waals surface area contributed by atoms with E-state index in [1.165, 1.54) is 4.88 Å². The van der Waals surface area contributed by atoms with Gasteiger partial charge >= 0.3 is 0 Å². The molecule has 0 spiro atoms. The molecule has 0 amide bonds. The number of rotatable bonds is 6. The second kappa shape index (κ2) is 6.50. The first-order valence-corrected chi connectivity index (χ1v) is 7.71. The van der Waals surface area contributed by atoms with E-state index in [4.69, 9.17) is 0 Å². The van der Waals surface area contributed by atoms with Gasteiger partial charge in [-0.15, -0.1) is 11.3 Å². The van der Waals surface area contributed by atoms with Crippen molar-refractivity contribution in [2.45, 2.75) is 38.8 Å². The van der Waals surface area contributed by atoms with E-state index in [-0.39, 0.29) is 0 Å². The predicted molar refractivity (Wildman–Crippen MR) is 77.0 cm³/mol. The first-order valence-electron chi connectivity index (χ1n) is 5.31. The van der Waals surface area contributed by atoms with Gasteiger partial charge in [0.2, 0.25) is 0 Å². The Morgan fingerprint density at radius 3 is 2.69 bits per heavy atom. The Bertz CT molecular complexity index is 319. The summed E-state index contributed by atoms with van der Waals surface area (Å²) in [6.07, 6.45) is 1.84. The first kappa shape index (κ1) is 14.6. The number of aliphatic hydroxyl groups is 1. The minimum absolute atomic E-state index is 0.597. The zero-order chi connectivity index (χ0) is 12.2. The van der Waals surface area contributed by atoms with Gasteiger partial charge in [-0.2, -0.15) is 0 Å². The monoisotopic (exact) mass is 369 g/mol. The van der Waals surface area contributed by atoms with Crippen molar-refractivity contribution in [3.05, 3.63) is 19.2 Å². The third-order valence-corrected chi connectivity index (χ3v) is 5.55. The van der Waals surface area contributed by atoms with Crippen molar-refractivity contribution in [1.82, 2.24) is 5.32 Å². The molecule has 0 aliphatic rings. The molecular weight excluding hydrogens is 354 g/mol. The Labute approximate surface area is 118 Å². The lowest BCUT2D eigenvalue weighted by molar-refractivity contribution is 0.0498. The van der Waals surface area contributed by atoms with Gasteiger partial charge in [-0.25, -0.2) is 0 Å². The molecule has 92 valence electrons. The summed E-state index contributed by atoms with van der Waals surface area (Å²) < 4.78 is 2.21. The molecule has 0 aliphatic carbocycles. The Kier molecular flexibility index (Phi) is 5.94. The average molecular weight is 371 g/mol. The van der Waals surface area contributed by atoms with Crippen molar-refractivity contribution in [3.63, 3.8) is 0 Å². The molecule has 5 heteroatoms. The van der Waals surface area contributed by atoms with Crippen molar-refractivity contribution < 1.29 is 5.11 Å². The highest BCUT2D eigenvalue weighted by Gasteiger charge is 2.18. The Balaban J connectivity index is 2.35. The van der Waals surface area contributed by atoms with E-state index in [0.717, 1.165) is 27.6 Å². The predicted octanol–water partition coefficient (Wildman–Crippen LogP) is 3.91. The van der Waals surface area contributed by atoms with Gasteiger partial charge in [0.1, 0.15) is 0 Å². The van der Waals surface area contributed by atoms with Crippen LogP contribution in [0.5, 0.6) is 0 Å². The standard InChI is InChI=1S/C11H17Br2NOS/c1-3-4-11(2,15)7-14-6-8-5-9(12)10(13)16-8/h5,14-15H,3-4,6-7H2,1-2H3. The van der Waals surface area contributed by atoms with Gasteiger partial charge in [-0.1, -0.05) is 13.3 Å². The van der Waals surface area contributed by atoms with Crippen LogP contribution in [0.2, 0.25) is 0 Å². The Morgan fingerprint density at radius 1 is 1.50 bits per heavy atom. The van der Waals surface area contributed by atoms with Gasteiger partial charge in [-0.05, 0) is 51.3 Å². The molecular formula is C11H17Br2NOS. The quantitative estimate of drug-likeness (QED) is 0.795. The van der Waals surface area contributed by atoms with Crippen LogP contribution in [0.1, 0.15) is 31.6 Å². The molecule has 16 heavy (non-hydrogen) atoms. The van der Waals surface area contributed by atoms with E-state index in [1.807, 2.05) is 6.92 Å². The van der Waals surface area contributed by atoms with Crippen LogP contribution >= 0.6 is 43.2 Å².